The highest BCUT2D eigenvalue weighted by molar-refractivity contribution is 6.30. The molecule has 18 heavy (non-hydrogen) atoms. The van der Waals surface area contributed by atoms with Crippen LogP contribution in [0, 0.1) is 18.6 Å². The van der Waals surface area contributed by atoms with E-state index in [-0.39, 0.29) is 5.69 Å². The van der Waals surface area contributed by atoms with Gasteiger partial charge in [-0.15, -0.1) is 0 Å². The van der Waals surface area contributed by atoms with Gasteiger partial charge < -0.3 is 10.5 Å². The van der Waals surface area contributed by atoms with Crippen molar-refractivity contribution in [2.75, 3.05) is 5.73 Å². The van der Waals surface area contributed by atoms with Crippen molar-refractivity contribution in [1.82, 2.24) is 0 Å². The van der Waals surface area contributed by atoms with Gasteiger partial charge in [-0.3, -0.25) is 0 Å². The topological polar surface area (TPSA) is 35.2 Å². The minimum atomic E-state index is -0.846. The normalized spacial score (nSPS) is 10.4. The molecule has 0 heterocycles. The Hall–Kier alpha value is -1.81. The third-order valence-corrected chi connectivity index (χ3v) is 2.60. The van der Waals surface area contributed by atoms with Gasteiger partial charge >= 0.3 is 0 Å². The average Bonchev–Trinajstić information content (AvgIpc) is 2.25. The summed E-state index contributed by atoms with van der Waals surface area (Å²) >= 11 is 5.78. The van der Waals surface area contributed by atoms with Crippen molar-refractivity contribution >= 4 is 17.3 Å². The van der Waals surface area contributed by atoms with E-state index in [9.17, 15) is 8.78 Å². The van der Waals surface area contributed by atoms with Gasteiger partial charge in [-0.1, -0.05) is 11.6 Å². The molecule has 0 spiro atoms. The smallest absolute Gasteiger partial charge is 0.198 e. The fourth-order valence-electron chi connectivity index (χ4n) is 1.51. The lowest BCUT2D eigenvalue weighted by molar-refractivity contribution is 0.406. The Bertz CT molecular complexity index is 579. The zero-order valence-electron chi connectivity index (χ0n) is 9.51. The molecule has 5 heteroatoms. The number of rotatable bonds is 2. The Kier molecular flexibility index (Phi) is 3.39. The second kappa shape index (κ2) is 4.82. The van der Waals surface area contributed by atoms with Gasteiger partial charge in [0.25, 0.3) is 0 Å². The molecule has 0 amide bonds. The van der Waals surface area contributed by atoms with Gasteiger partial charge in [0.05, 0.1) is 0 Å². The van der Waals surface area contributed by atoms with Crippen LogP contribution in [0.2, 0.25) is 5.02 Å². The monoisotopic (exact) mass is 269 g/mol. The summed E-state index contributed by atoms with van der Waals surface area (Å²) in [6.07, 6.45) is 0. The number of halogens is 3. The van der Waals surface area contributed by atoms with Crippen molar-refractivity contribution in [3.05, 3.63) is 52.6 Å². The van der Waals surface area contributed by atoms with Crippen LogP contribution in [0.1, 0.15) is 5.56 Å². The van der Waals surface area contributed by atoms with Crippen LogP contribution in [0.25, 0.3) is 0 Å². The van der Waals surface area contributed by atoms with Crippen molar-refractivity contribution in [1.29, 1.82) is 0 Å². The first-order chi connectivity index (χ1) is 8.47. The maximum absolute atomic E-state index is 13.5. The molecule has 2 aromatic carbocycles. The predicted octanol–water partition coefficient (Wildman–Crippen LogP) is 4.30. The maximum Gasteiger partial charge on any atom is 0.198 e. The highest BCUT2D eigenvalue weighted by atomic mass is 35.5. The summed E-state index contributed by atoms with van der Waals surface area (Å²) in [4.78, 5) is 0. The van der Waals surface area contributed by atoms with Crippen molar-refractivity contribution in [2.24, 2.45) is 0 Å². The third-order valence-electron chi connectivity index (χ3n) is 2.37. The first-order valence-electron chi connectivity index (χ1n) is 5.16. The van der Waals surface area contributed by atoms with Gasteiger partial charge in [0.1, 0.15) is 5.75 Å². The van der Waals surface area contributed by atoms with Crippen molar-refractivity contribution < 1.29 is 13.5 Å². The second-order valence-electron chi connectivity index (χ2n) is 3.83. The van der Waals surface area contributed by atoms with Crippen LogP contribution >= 0.6 is 11.6 Å². The first-order valence-corrected chi connectivity index (χ1v) is 5.53. The van der Waals surface area contributed by atoms with Crippen LogP contribution in [-0.4, -0.2) is 0 Å². The van der Waals surface area contributed by atoms with Gasteiger partial charge in [0.15, 0.2) is 17.4 Å². The van der Waals surface area contributed by atoms with Gasteiger partial charge in [-0.05, 0) is 30.7 Å². The maximum atomic E-state index is 13.5. The Morgan fingerprint density at radius 1 is 1.11 bits per heavy atom. The van der Waals surface area contributed by atoms with E-state index < -0.39 is 17.4 Å². The molecule has 0 aromatic heterocycles. The molecule has 0 unspecified atom stereocenters. The van der Waals surface area contributed by atoms with E-state index in [4.69, 9.17) is 22.1 Å². The average molecular weight is 270 g/mol. The molecule has 0 atom stereocenters. The number of benzene rings is 2. The van der Waals surface area contributed by atoms with E-state index in [1.165, 1.54) is 0 Å². The molecule has 0 fully saturated rings. The molecule has 94 valence electrons. The van der Waals surface area contributed by atoms with Gasteiger partial charge in [0.2, 0.25) is 0 Å². The number of nitrogen functional groups attached to an aromatic ring is 1. The molecule has 2 aromatic rings. The summed E-state index contributed by atoms with van der Waals surface area (Å²) in [7, 11) is 0. The molecular formula is C13H10ClF2NO. The molecule has 2 nitrogen and oxygen atoms in total. The fraction of sp³-hybridized carbons (Fsp3) is 0.0769. The minimum absolute atomic E-state index is 0.00479. The van der Waals surface area contributed by atoms with E-state index in [1.54, 1.807) is 25.1 Å². The minimum Gasteiger partial charge on any atom is -0.451 e. The van der Waals surface area contributed by atoms with Crippen molar-refractivity contribution in [3.8, 4) is 11.5 Å². The predicted molar refractivity (Wildman–Crippen MR) is 67.0 cm³/mol. The quantitative estimate of drug-likeness (QED) is 0.825. The molecule has 0 saturated carbocycles. The number of ether oxygens (including phenoxy) is 1. The summed E-state index contributed by atoms with van der Waals surface area (Å²) in [6.45, 7) is 1.73. The fourth-order valence-corrected chi connectivity index (χ4v) is 1.74. The van der Waals surface area contributed by atoms with E-state index in [0.717, 1.165) is 12.1 Å². The summed E-state index contributed by atoms with van der Waals surface area (Å²) in [5.74, 6) is -1.83. The lowest BCUT2D eigenvalue weighted by Gasteiger charge is -2.11. The molecule has 2 rings (SSSR count). The number of hydrogen-bond donors (Lipinski definition) is 1. The largest absolute Gasteiger partial charge is 0.451 e. The summed E-state index contributed by atoms with van der Waals surface area (Å²) in [6, 6.07) is 6.78. The highest BCUT2D eigenvalue weighted by Gasteiger charge is 2.13. The molecule has 0 aliphatic carbocycles. The summed E-state index contributed by atoms with van der Waals surface area (Å²) < 4.78 is 32.3. The number of hydrogen-bond acceptors (Lipinski definition) is 2. The molecule has 0 saturated heterocycles. The van der Waals surface area contributed by atoms with Gasteiger partial charge in [-0.25, -0.2) is 8.78 Å². The highest BCUT2D eigenvalue weighted by Crippen LogP contribution is 2.32. The number of anilines is 1. The number of nitrogens with two attached hydrogens (primary N) is 1. The standard InChI is InChI=1S/C13H10ClF2NO/c1-7-4-8(14)2-3-12(7)18-13-10(15)5-9(17)6-11(13)16/h2-6H,17H2,1H3. The van der Waals surface area contributed by atoms with E-state index >= 15 is 0 Å². The van der Waals surface area contributed by atoms with Gasteiger partial charge in [0, 0.05) is 22.8 Å². The molecule has 2 N–H and O–H groups in total. The van der Waals surface area contributed by atoms with Crippen LogP contribution in [0.4, 0.5) is 14.5 Å². The second-order valence-corrected chi connectivity index (χ2v) is 4.26. The van der Waals surface area contributed by atoms with Crippen molar-refractivity contribution in [2.45, 2.75) is 6.92 Å². The van der Waals surface area contributed by atoms with Crippen LogP contribution in [0.3, 0.4) is 0 Å². The third kappa shape index (κ3) is 2.54. The first kappa shape index (κ1) is 12.6. The van der Waals surface area contributed by atoms with E-state index in [1.807, 2.05) is 0 Å². The Balaban J connectivity index is 2.40. The van der Waals surface area contributed by atoms with E-state index in [2.05, 4.69) is 0 Å². The molecular weight excluding hydrogens is 260 g/mol. The Morgan fingerprint density at radius 2 is 1.72 bits per heavy atom. The zero-order chi connectivity index (χ0) is 13.3. The Morgan fingerprint density at radius 3 is 2.28 bits per heavy atom. The molecule has 0 bridgehead atoms. The van der Waals surface area contributed by atoms with Crippen LogP contribution < -0.4 is 10.5 Å². The van der Waals surface area contributed by atoms with Crippen LogP contribution in [-0.2, 0) is 0 Å². The Labute approximate surface area is 108 Å². The van der Waals surface area contributed by atoms with Crippen molar-refractivity contribution in [3.63, 3.8) is 0 Å². The molecule has 0 radical (unpaired) electrons. The summed E-state index contributed by atoms with van der Waals surface area (Å²) in [5.41, 5.74) is 6.00. The van der Waals surface area contributed by atoms with Gasteiger partial charge in [-0.2, -0.15) is 0 Å². The molecule has 0 aliphatic rings. The zero-order valence-corrected chi connectivity index (χ0v) is 10.3. The summed E-state index contributed by atoms with van der Waals surface area (Å²) in [5, 5.41) is 0.526. The lowest BCUT2D eigenvalue weighted by Crippen LogP contribution is -1.96. The SMILES string of the molecule is Cc1cc(Cl)ccc1Oc1c(F)cc(N)cc1F. The lowest BCUT2D eigenvalue weighted by atomic mass is 10.2. The van der Waals surface area contributed by atoms with E-state index in [0.29, 0.717) is 16.3 Å². The van der Waals surface area contributed by atoms with Crippen LogP contribution in [0.15, 0.2) is 30.3 Å². The molecule has 0 aliphatic heterocycles. The van der Waals surface area contributed by atoms with Crippen LogP contribution in [0.5, 0.6) is 11.5 Å². The number of aryl methyl sites for hydroxylation is 1.